The molecular formula is C28H29N3O2. The Morgan fingerprint density at radius 2 is 1.64 bits per heavy atom. The van der Waals surface area contributed by atoms with Crippen LogP contribution < -0.4 is 11.4 Å². The van der Waals surface area contributed by atoms with Gasteiger partial charge in [0.2, 0.25) is 0 Å². The number of fused-ring (bicyclic) bond motifs is 3. The molecule has 9 rings (SSSR count). The van der Waals surface area contributed by atoms with Gasteiger partial charge < -0.3 is 0 Å². The minimum Gasteiger partial charge on any atom is -0.246 e. The molecule has 4 bridgehead atoms. The van der Waals surface area contributed by atoms with Gasteiger partial charge in [0.15, 0.2) is 0 Å². The van der Waals surface area contributed by atoms with Crippen LogP contribution in [0, 0.1) is 22.2 Å². The molecule has 33 heavy (non-hydrogen) atoms. The van der Waals surface area contributed by atoms with Crippen LogP contribution in [-0.2, 0) is 5.41 Å². The SMILES string of the molecule is CC1(C)[C@H]2CC[C@@]1(C)[C@H](n1c(=O)n3n(c1=O)[C@H]1C=C[C@H]3[C@]34C=Cc5ccccc5[C@@]13C=C4)C2. The molecule has 0 radical (unpaired) electrons. The summed E-state index contributed by atoms with van der Waals surface area (Å²) in [5, 5.41) is 0. The number of benzene rings is 1. The quantitative estimate of drug-likeness (QED) is 0.619. The van der Waals surface area contributed by atoms with Crippen LogP contribution in [0.5, 0.6) is 0 Å². The van der Waals surface area contributed by atoms with E-state index in [-0.39, 0.29) is 51.2 Å². The van der Waals surface area contributed by atoms with Crippen LogP contribution in [0.4, 0.5) is 0 Å². The van der Waals surface area contributed by atoms with Crippen molar-refractivity contribution < 1.29 is 0 Å². The molecule has 1 aromatic carbocycles. The van der Waals surface area contributed by atoms with Crippen LogP contribution in [0.25, 0.3) is 6.08 Å². The number of nitrogens with zero attached hydrogens (tertiary/aromatic N) is 3. The van der Waals surface area contributed by atoms with Crippen molar-refractivity contribution in [3.8, 4) is 0 Å². The molecule has 3 heterocycles. The molecule has 0 unspecified atom stereocenters. The second-order valence-electron chi connectivity index (χ2n) is 12.1. The molecule has 2 aliphatic heterocycles. The lowest BCUT2D eigenvalue weighted by molar-refractivity contribution is 0.0438. The molecular weight excluding hydrogens is 410 g/mol. The highest BCUT2D eigenvalue weighted by atomic mass is 16.2. The first-order valence-corrected chi connectivity index (χ1v) is 12.4. The molecule has 5 aliphatic carbocycles. The van der Waals surface area contributed by atoms with Crippen molar-refractivity contribution in [2.75, 3.05) is 0 Å². The van der Waals surface area contributed by atoms with Gasteiger partial charge in [-0.25, -0.2) is 23.5 Å². The largest absolute Gasteiger partial charge is 0.348 e. The summed E-state index contributed by atoms with van der Waals surface area (Å²) < 4.78 is 5.27. The summed E-state index contributed by atoms with van der Waals surface area (Å²) in [5.41, 5.74) is 1.75. The average Bonchev–Trinajstić information content (AvgIpc) is 3.26. The number of hydrogen-bond acceptors (Lipinski definition) is 2. The van der Waals surface area contributed by atoms with Crippen LogP contribution in [0.2, 0.25) is 0 Å². The maximum atomic E-state index is 14.1. The summed E-state index contributed by atoms with van der Waals surface area (Å²) in [7, 11) is 0. The van der Waals surface area contributed by atoms with Gasteiger partial charge in [-0.15, -0.1) is 0 Å². The minimum absolute atomic E-state index is 0.0262. The Balaban J connectivity index is 1.39. The lowest BCUT2D eigenvalue weighted by atomic mass is 9.42. The van der Waals surface area contributed by atoms with Gasteiger partial charge in [-0.05, 0) is 47.1 Å². The summed E-state index contributed by atoms with van der Waals surface area (Å²) in [5.74, 6) is 0.572. The summed E-state index contributed by atoms with van der Waals surface area (Å²) in [4.78, 5) is 28.2. The molecule has 0 saturated heterocycles. The van der Waals surface area contributed by atoms with Gasteiger partial charge >= 0.3 is 11.4 Å². The molecule has 2 aromatic rings. The molecule has 7 aliphatic rings. The molecule has 168 valence electrons. The highest BCUT2D eigenvalue weighted by Crippen LogP contribution is 2.71. The van der Waals surface area contributed by atoms with E-state index in [9.17, 15) is 9.59 Å². The van der Waals surface area contributed by atoms with E-state index >= 15 is 0 Å². The van der Waals surface area contributed by atoms with Crippen LogP contribution in [0.1, 0.15) is 69.3 Å². The predicted molar refractivity (Wildman–Crippen MR) is 127 cm³/mol. The highest BCUT2D eigenvalue weighted by Gasteiger charge is 2.69. The van der Waals surface area contributed by atoms with Gasteiger partial charge in [0.05, 0.1) is 17.5 Å². The van der Waals surface area contributed by atoms with Crippen molar-refractivity contribution in [2.45, 2.75) is 63.6 Å². The molecule has 5 nitrogen and oxygen atoms in total. The maximum absolute atomic E-state index is 14.1. The summed E-state index contributed by atoms with van der Waals surface area (Å²) >= 11 is 0. The Morgan fingerprint density at radius 3 is 2.30 bits per heavy atom. The highest BCUT2D eigenvalue weighted by molar-refractivity contribution is 5.70. The van der Waals surface area contributed by atoms with Crippen molar-refractivity contribution in [3.05, 3.63) is 86.7 Å². The van der Waals surface area contributed by atoms with Gasteiger partial charge in [-0.3, -0.25) is 0 Å². The number of rotatable bonds is 1. The first-order valence-electron chi connectivity index (χ1n) is 12.4. The van der Waals surface area contributed by atoms with E-state index < -0.39 is 0 Å². The van der Waals surface area contributed by atoms with Gasteiger partial charge in [-0.1, -0.05) is 81.5 Å². The molecule has 0 amide bonds. The Morgan fingerprint density at radius 1 is 0.909 bits per heavy atom. The van der Waals surface area contributed by atoms with Gasteiger partial charge in [0.25, 0.3) is 0 Å². The van der Waals surface area contributed by atoms with E-state index in [1.165, 1.54) is 17.5 Å². The second kappa shape index (κ2) is 5.13. The lowest BCUT2D eigenvalue weighted by Crippen LogP contribution is -2.66. The van der Waals surface area contributed by atoms with E-state index in [0.717, 1.165) is 12.8 Å². The Labute approximate surface area is 192 Å². The standard InChI is InChI=1S/C28H29N3O2/c1-25(2)18-11-12-26(25,3)22(16-18)29-23(32)30-20-8-9-21(31(30)24(29)33)28-15-14-27(20,28)13-10-17-6-4-5-7-19(17)28/h4-10,13-15,18,20-22H,11-12,16H2,1-3H3/t18-,20-,21-,22+,26-,27+,28-/m0/s1. The third-order valence-electron chi connectivity index (χ3n) is 11.3. The van der Waals surface area contributed by atoms with E-state index in [2.05, 4.69) is 81.5 Å². The number of allylic oxidation sites excluding steroid dienone is 5. The summed E-state index contributed by atoms with van der Waals surface area (Å²) in [6.45, 7) is 6.99. The van der Waals surface area contributed by atoms with Crippen molar-refractivity contribution in [1.29, 1.82) is 0 Å². The fourth-order valence-electron chi connectivity index (χ4n) is 9.07. The lowest BCUT2D eigenvalue weighted by Gasteiger charge is -2.65. The minimum atomic E-state index is -0.307. The maximum Gasteiger partial charge on any atom is 0.348 e. The van der Waals surface area contributed by atoms with Crippen molar-refractivity contribution in [3.63, 3.8) is 0 Å². The average molecular weight is 440 g/mol. The van der Waals surface area contributed by atoms with Crippen molar-refractivity contribution in [1.82, 2.24) is 13.9 Å². The topological polar surface area (TPSA) is 48.9 Å². The Kier molecular flexibility index (Phi) is 2.89. The number of hydrogen-bond donors (Lipinski definition) is 0. The number of aromatic nitrogens is 3. The molecule has 0 N–H and O–H groups in total. The van der Waals surface area contributed by atoms with Crippen LogP contribution in [0.3, 0.4) is 0 Å². The smallest absolute Gasteiger partial charge is 0.246 e. The molecule has 5 heteroatoms. The molecule has 2 fully saturated rings. The van der Waals surface area contributed by atoms with E-state index in [1.54, 1.807) is 9.25 Å². The van der Waals surface area contributed by atoms with E-state index in [0.29, 0.717) is 5.92 Å². The zero-order chi connectivity index (χ0) is 22.5. The van der Waals surface area contributed by atoms with Crippen molar-refractivity contribution in [2.24, 2.45) is 22.2 Å². The Hall–Kier alpha value is -2.82. The van der Waals surface area contributed by atoms with Gasteiger partial charge in [0.1, 0.15) is 0 Å². The monoisotopic (exact) mass is 439 g/mol. The van der Waals surface area contributed by atoms with Crippen LogP contribution in [0.15, 0.2) is 64.2 Å². The predicted octanol–water partition coefficient (Wildman–Crippen LogP) is 4.39. The second-order valence-corrected chi connectivity index (χ2v) is 12.1. The third-order valence-corrected chi connectivity index (χ3v) is 11.3. The normalized spacial score (nSPS) is 43.7. The molecule has 7 atom stereocenters. The van der Waals surface area contributed by atoms with E-state index in [4.69, 9.17) is 0 Å². The fraction of sp³-hybridized carbons (Fsp3) is 0.500. The fourth-order valence-corrected chi connectivity index (χ4v) is 9.07. The molecule has 1 aromatic heterocycles. The summed E-state index contributed by atoms with van der Waals surface area (Å²) in [6, 6.07) is 8.12. The zero-order valence-electron chi connectivity index (χ0n) is 19.4. The van der Waals surface area contributed by atoms with Crippen LogP contribution in [-0.4, -0.2) is 13.9 Å². The van der Waals surface area contributed by atoms with Crippen LogP contribution >= 0.6 is 0 Å². The summed E-state index contributed by atoms with van der Waals surface area (Å²) in [6.07, 6.45) is 16.6. The first-order chi connectivity index (χ1) is 15.8. The third kappa shape index (κ3) is 1.60. The van der Waals surface area contributed by atoms with Crippen molar-refractivity contribution >= 4 is 6.08 Å². The van der Waals surface area contributed by atoms with E-state index in [1.807, 2.05) is 4.68 Å². The van der Waals surface area contributed by atoms with Gasteiger partial charge in [0, 0.05) is 11.5 Å². The Bertz CT molecular complexity index is 1480. The zero-order valence-corrected chi connectivity index (χ0v) is 19.4. The molecule has 2 saturated carbocycles. The first kappa shape index (κ1) is 18.6. The van der Waals surface area contributed by atoms with Gasteiger partial charge in [-0.2, -0.15) is 0 Å². The molecule has 0 spiro atoms.